The van der Waals surface area contributed by atoms with Crippen LogP contribution in [0.4, 0.5) is 0 Å². The zero-order valence-electron chi connectivity index (χ0n) is 8.47. The Morgan fingerprint density at radius 2 is 1.67 bits per heavy atom. The Hall–Kier alpha value is -0.180. The summed E-state index contributed by atoms with van der Waals surface area (Å²) in [6, 6.07) is 0. The quantitative estimate of drug-likeness (QED) is 0.406. The van der Waals surface area contributed by atoms with Gasteiger partial charge in [-0.2, -0.15) is 0 Å². The molecule has 0 bridgehead atoms. The lowest BCUT2D eigenvalue weighted by Gasteiger charge is -2.06. The second-order valence-electron chi connectivity index (χ2n) is 2.76. The second-order valence-corrected chi connectivity index (χ2v) is 4.04. The molecule has 0 aromatic heterocycles. The van der Waals surface area contributed by atoms with Gasteiger partial charge in [-0.25, -0.2) is 0 Å². The molecule has 0 saturated carbocycles. The third-order valence-corrected chi connectivity index (χ3v) is 2.43. The van der Waals surface area contributed by atoms with Crippen LogP contribution < -0.4 is 5.73 Å². The summed E-state index contributed by atoms with van der Waals surface area (Å²) in [5.74, 6) is 1.07. The van der Waals surface area contributed by atoms with Crippen LogP contribution in [0.3, 0.4) is 0 Å². The van der Waals surface area contributed by atoms with Crippen LogP contribution in [-0.4, -0.2) is 28.6 Å². The zero-order chi connectivity index (χ0) is 9.40. The molecule has 2 nitrogen and oxygen atoms in total. The predicted octanol–water partition coefficient (Wildman–Crippen LogP) is 1.89. The fourth-order valence-electron chi connectivity index (χ4n) is 1.11. The van der Waals surface area contributed by atoms with Crippen molar-refractivity contribution in [1.82, 2.24) is 0 Å². The topological polar surface area (TPSA) is 29.0 Å². The second kappa shape index (κ2) is 7.47. The first-order valence-electron chi connectivity index (χ1n) is 4.76. The van der Waals surface area contributed by atoms with Crippen molar-refractivity contribution in [2.45, 2.75) is 33.6 Å². The van der Waals surface area contributed by atoms with Crippen molar-refractivity contribution in [2.24, 2.45) is 5.73 Å². The first-order chi connectivity index (χ1) is 5.76. The molecule has 12 heavy (non-hydrogen) atoms. The van der Waals surface area contributed by atoms with Crippen LogP contribution in [0.15, 0.2) is 0 Å². The van der Waals surface area contributed by atoms with E-state index in [-0.39, 0.29) is 0 Å². The van der Waals surface area contributed by atoms with E-state index in [9.17, 15) is 0 Å². The van der Waals surface area contributed by atoms with Crippen LogP contribution in [0.5, 0.6) is 0 Å². The van der Waals surface area contributed by atoms with Crippen molar-refractivity contribution in [2.75, 3.05) is 18.8 Å². The van der Waals surface area contributed by atoms with Gasteiger partial charge in [-0.1, -0.05) is 20.8 Å². The Morgan fingerprint density at radius 1 is 1.17 bits per heavy atom. The number of thioether (sulfide) groups is 1. The number of nitrogens with zero attached hydrogens (tertiary/aromatic N) is 1. The van der Waals surface area contributed by atoms with Gasteiger partial charge < -0.3 is 0 Å². The molecule has 0 spiro atoms. The molecular formula is C9H21N2S+. The van der Waals surface area contributed by atoms with Crippen molar-refractivity contribution in [3.63, 3.8) is 0 Å². The third kappa shape index (κ3) is 4.65. The summed E-state index contributed by atoms with van der Waals surface area (Å²) in [5.41, 5.74) is 5.91. The molecule has 0 radical (unpaired) electrons. The molecule has 0 heterocycles. The third-order valence-electron chi connectivity index (χ3n) is 1.59. The number of rotatable bonds is 5. The minimum absolute atomic E-state index is 0.987. The summed E-state index contributed by atoms with van der Waals surface area (Å²) in [4.78, 5) is 0. The van der Waals surface area contributed by atoms with Gasteiger partial charge in [0.25, 0.3) is 0 Å². The summed E-state index contributed by atoms with van der Waals surface area (Å²) in [7, 11) is 0. The summed E-state index contributed by atoms with van der Waals surface area (Å²) in [6.45, 7) is 8.69. The summed E-state index contributed by atoms with van der Waals surface area (Å²) in [5, 5.41) is 0.987. The van der Waals surface area contributed by atoms with Crippen LogP contribution >= 0.6 is 11.8 Å². The zero-order valence-corrected chi connectivity index (χ0v) is 9.28. The van der Waals surface area contributed by atoms with Gasteiger partial charge in [-0.15, -0.1) is 0 Å². The molecule has 3 heteroatoms. The molecule has 0 aromatic carbocycles. The van der Waals surface area contributed by atoms with Crippen LogP contribution in [0.1, 0.15) is 33.6 Å². The lowest BCUT2D eigenvalue weighted by molar-refractivity contribution is -0.526. The number of hydrogen-bond donors (Lipinski definition) is 1. The highest BCUT2D eigenvalue weighted by Gasteiger charge is 2.05. The Bertz CT molecular complexity index is 135. The van der Waals surface area contributed by atoms with E-state index in [1.807, 2.05) is 0 Å². The average molecular weight is 189 g/mol. The van der Waals surface area contributed by atoms with E-state index >= 15 is 0 Å². The molecule has 0 aliphatic carbocycles. The molecule has 0 aliphatic rings. The maximum atomic E-state index is 5.91. The van der Waals surface area contributed by atoms with Gasteiger partial charge in [0.05, 0.1) is 13.1 Å². The number of hydrogen-bond acceptors (Lipinski definition) is 1. The van der Waals surface area contributed by atoms with Gasteiger partial charge >= 0.3 is 5.17 Å². The first kappa shape index (κ1) is 11.8. The monoisotopic (exact) mass is 189 g/mol. The molecule has 0 rings (SSSR count). The maximum Gasteiger partial charge on any atom is 0.304 e. The molecule has 0 atom stereocenters. The van der Waals surface area contributed by atoms with Crippen molar-refractivity contribution in [3.8, 4) is 0 Å². The molecule has 2 N–H and O–H groups in total. The van der Waals surface area contributed by atoms with Crippen molar-refractivity contribution in [3.05, 3.63) is 0 Å². The van der Waals surface area contributed by atoms with Crippen LogP contribution in [-0.2, 0) is 0 Å². The Kier molecular flexibility index (Phi) is 7.36. The van der Waals surface area contributed by atoms with Crippen LogP contribution in [0.25, 0.3) is 0 Å². The molecule has 0 aromatic rings. The maximum absolute atomic E-state index is 5.91. The number of amidine groups is 1. The fourth-order valence-corrected chi connectivity index (χ4v) is 1.77. The lowest BCUT2D eigenvalue weighted by atomic mass is 10.4. The van der Waals surface area contributed by atoms with Crippen molar-refractivity contribution < 1.29 is 4.58 Å². The van der Waals surface area contributed by atoms with Gasteiger partial charge in [0.1, 0.15) is 0 Å². The van der Waals surface area contributed by atoms with Crippen LogP contribution in [0, 0.1) is 0 Å². The van der Waals surface area contributed by atoms with Gasteiger partial charge in [0, 0.05) is 5.75 Å². The fraction of sp³-hybridized carbons (Fsp3) is 0.889. The van der Waals surface area contributed by atoms with E-state index in [1.165, 1.54) is 12.8 Å². The first-order valence-corrected chi connectivity index (χ1v) is 5.74. The Morgan fingerprint density at radius 3 is 2.00 bits per heavy atom. The standard InChI is InChI=1S/C9H20N2S/c1-4-7-11(8-5-2)9(10)12-6-3/h10H,4-8H2,1-3H3/p+1. The Balaban J connectivity index is 4.11. The molecule has 0 fully saturated rings. The number of nitrogens with two attached hydrogens (primary N) is 1. The molecule has 0 aliphatic heterocycles. The molecule has 72 valence electrons. The van der Waals surface area contributed by atoms with Crippen LogP contribution in [0.2, 0.25) is 0 Å². The van der Waals surface area contributed by atoms with E-state index in [0.717, 1.165) is 24.0 Å². The summed E-state index contributed by atoms with van der Waals surface area (Å²) < 4.78 is 2.27. The highest BCUT2D eigenvalue weighted by atomic mass is 32.2. The highest BCUT2D eigenvalue weighted by Crippen LogP contribution is 1.99. The molecule has 0 amide bonds. The van der Waals surface area contributed by atoms with E-state index in [1.54, 1.807) is 11.8 Å². The van der Waals surface area contributed by atoms with E-state index in [0.29, 0.717) is 0 Å². The predicted molar refractivity (Wildman–Crippen MR) is 57.9 cm³/mol. The lowest BCUT2D eigenvalue weighted by Crippen LogP contribution is -2.27. The minimum Gasteiger partial charge on any atom is -0.281 e. The summed E-state index contributed by atoms with van der Waals surface area (Å²) >= 11 is 1.74. The van der Waals surface area contributed by atoms with E-state index in [4.69, 9.17) is 5.73 Å². The SMILES string of the molecule is CCC[N+](CCC)=C(N)SCC. The molecule has 0 saturated heterocycles. The van der Waals surface area contributed by atoms with Gasteiger partial charge in [0.15, 0.2) is 0 Å². The minimum atomic E-state index is 0.987. The van der Waals surface area contributed by atoms with Gasteiger partial charge in [-0.05, 0) is 24.6 Å². The highest BCUT2D eigenvalue weighted by molar-refractivity contribution is 8.13. The van der Waals surface area contributed by atoms with Crippen molar-refractivity contribution in [1.29, 1.82) is 0 Å². The molecule has 0 unspecified atom stereocenters. The van der Waals surface area contributed by atoms with E-state index in [2.05, 4.69) is 25.3 Å². The Labute approximate surface area is 80.2 Å². The average Bonchev–Trinajstić information content (AvgIpc) is 2.04. The molecular weight excluding hydrogens is 168 g/mol. The largest absolute Gasteiger partial charge is 0.304 e. The van der Waals surface area contributed by atoms with Gasteiger partial charge in [0.2, 0.25) is 0 Å². The van der Waals surface area contributed by atoms with Gasteiger partial charge in [-0.3, -0.25) is 10.3 Å². The summed E-state index contributed by atoms with van der Waals surface area (Å²) in [6.07, 6.45) is 2.34. The van der Waals surface area contributed by atoms with E-state index < -0.39 is 0 Å². The van der Waals surface area contributed by atoms with Crippen molar-refractivity contribution >= 4 is 16.9 Å². The normalized spacial score (nSPS) is 9.92. The smallest absolute Gasteiger partial charge is 0.281 e.